The second-order valence-electron chi connectivity index (χ2n) is 4.88. The number of carbonyl (C=O) groups excluding carboxylic acids is 1. The molecule has 0 aromatic heterocycles. The van der Waals surface area contributed by atoms with Crippen molar-refractivity contribution < 1.29 is 14.3 Å². The number of benzene rings is 1. The third kappa shape index (κ3) is 4.40. The molecule has 1 aromatic carbocycles. The maximum atomic E-state index is 11.0. The summed E-state index contributed by atoms with van der Waals surface area (Å²) in [6.45, 7) is 4.18. The highest BCUT2D eigenvalue weighted by molar-refractivity contribution is 6.31. The monoisotopic (exact) mass is 285 g/mol. The lowest BCUT2D eigenvalue weighted by atomic mass is 9.82. The number of amides is 1. The predicted molar refractivity (Wildman–Crippen MR) is 75.4 cm³/mol. The van der Waals surface area contributed by atoms with Crippen LogP contribution < -0.4 is 5.73 Å². The molecule has 0 aliphatic rings. The third-order valence-corrected chi connectivity index (χ3v) is 3.44. The zero-order chi connectivity index (χ0) is 14.5. The Balaban J connectivity index is 3.07. The lowest BCUT2D eigenvalue weighted by Gasteiger charge is -2.34. The molecule has 0 fully saturated rings. The first kappa shape index (κ1) is 15.8. The molecule has 5 heteroatoms. The van der Waals surface area contributed by atoms with Gasteiger partial charge in [0.05, 0.1) is 0 Å². The van der Waals surface area contributed by atoms with Gasteiger partial charge in [-0.25, -0.2) is 4.79 Å². The van der Waals surface area contributed by atoms with E-state index in [0.717, 1.165) is 5.56 Å². The van der Waals surface area contributed by atoms with Crippen molar-refractivity contribution in [3.63, 3.8) is 0 Å². The van der Waals surface area contributed by atoms with Crippen molar-refractivity contribution in [3.05, 3.63) is 34.9 Å². The van der Waals surface area contributed by atoms with Gasteiger partial charge in [-0.15, -0.1) is 0 Å². The highest BCUT2D eigenvalue weighted by atomic mass is 35.5. The van der Waals surface area contributed by atoms with Crippen molar-refractivity contribution in [2.24, 2.45) is 5.73 Å². The van der Waals surface area contributed by atoms with Gasteiger partial charge < -0.3 is 15.2 Å². The highest BCUT2D eigenvalue weighted by Gasteiger charge is 2.34. The SMILES string of the molecule is COCC[C@H](c1ccccc1Cl)C(C)(C)OC(N)=O. The summed E-state index contributed by atoms with van der Waals surface area (Å²) in [6.07, 6.45) is -0.111. The molecule has 1 atom stereocenters. The first-order chi connectivity index (χ1) is 8.88. The Labute approximate surface area is 118 Å². The van der Waals surface area contributed by atoms with E-state index in [4.69, 9.17) is 26.8 Å². The van der Waals surface area contributed by atoms with Crippen LogP contribution in [0.25, 0.3) is 0 Å². The van der Waals surface area contributed by atoms with Crippen molar-refractivity contribution in [3.8, 4) is 0 Å². The quantitative estimate of drug-likeness (QED) is 0.872. The molecule has 0 saturated heterocycles. The average Bonchev–Trinajstić information content (AvgIpc) is 2.29. The third-order valence-electron chi connectivity index (χ3n) is 3.09. The van der Waals surface area contributed by atoms with E-state index < -0.39 is 11.7 Å². The van der Waals surface area contributed by atoms with Gasteiger partial charge in [0.1, 0.15) is 5.60 Å². The smallest absolute Gasteiger partial charge is 0.405 e. The number of carbonyl (C=O) groups is 1. The van der Waals surface area contributed by atoms with Crippen LogP contribution in [0.4, 0.5) is 4.79 Å². The summed E-state index contributed by atoms with van der Waals surface area (Å²) < 4.78 is 10.3. The number of methoxy groups -OCH3 is 1. The molecule has 106 valence electrons. The topological polar surface area (TPSA) is 61.6 Å². The van der Waals surface area contributed by atoms with Crippen LogP contribution >= 0.6 is 11.6 Å². The maximum absolute atomic E-state index is 11.0. The Hall–Kier alpha value is -1.26. The number of nitrogens with two attached hydrogens (primary N) is 1. The van der Waals surface area contributed by atoms with Gasteiger partial charge in [-0.05, 0) is 31.9 Å². The molecule has 0 unspecified atom stereocenters. The lowest BCUT2D eigenvalue weighted by molar-refractivity contribution is 0.0149. The van der Waals surface area contributed by atoms with Crippen LogP contribution in [0.5, 0.6) is 0 Å². The standard InChI is InChI=1S/C14H20ClNO3/c1-14(2,19-13(16)17)11(8-9-18-3)10-6-4-5-7-12(10)15/h4-7,11H,8-9H2,1-3H3,(H2,16,17)/t11-/m1/s1. The van der Waals surface area contributed by atoms with Crippen LogP contribution in [0.3, 0.4) is 0 Å². The van der Waals surface area contributed by atoms with Crippen molar-refractivity contribution in [2.75, 3.05) is 13.7 Å². The number of halogens is 1. The second kappa shape index (κ2) is 6.78. The summed E-state index contributed by atoms with van der Waals surface area (Å²) in [5.74, 6) is -0.0892. The minimum Gasteiger partial charge on any atom is -0.443 e. The Morgan fingerprint density at radius 3 is 2.58 bits per heavy atom. The maximum Gasteiger partial charge on any atom is 0.405 e. The first-order valence-corrected chi connectivity index (χ1v) is 6.48. The highest BCUT2D eigenvalue weighted by Crippen LogP contribution is 2.37. The summed E-state index contributed by atoms with van der Waals surface area (Å²) in [5.41, 5.74) is 5.30. The van der Waals surface area contributed by atoms with Crippen molar-refractivity contribution >= 4 is 17.7 Å². The van der Waals surface area contributed by atoms with Gasteiger partial charge in [-0.1, -0.05) is 29.8 Å². The lowest BCUT2D eigenvalue weighted by Crippen LogP contribution is -2.38. The second-order valence-corrected chi connectivity index (χ2v) is 5.29. The number of primary amides is 1. The summed E-state index contributed by atoms with van der Waals surface area (Å²) in [7, 11) is 1.63. The van der Waals surface area contributed by atoms with E-state index >= 15 is 0 Å². The Kier molecular flexibility index (Phi) is 5.63. The molecule has 19 heavy (non-hydrogen) atoms. The summed E-state index contributed by atoms with van der Waals surface area (Å²) in [5, 5.41) is 0.643. The van der Waals surface area contributed by atoms with Gasteiger partial charge in [-0.3, -0.25) is 0 Å². The molecule has 0 aliphatic heterocycles. The molecule has 0 radical (unpaired) electrons. The van der Waals surface area contributed by atoms with Crippen molar-refractivity contribution in [1.29, 1.82) is 0 Å². The predicted octanol–water partition coefficient (Wildman–Crippen LogP) is 3.33. The van der Waals surface area contributed by atoms with Crippen LogP contribution in [0, 0.1) is 0 Å². The number of rotatable bonds is 6. The Morgan fingerprint density at radius 2 is 2.05 bits per heavy atom. The molecule has 1 amide bonds. The van der Waals surface area contributed by atoms with Gasteiger partial charge in [0.25, 0.3) is 0 Å². The molecule has 1 rings (SSSR count). The molecule has 0 saturated carbocycles. The normalized spacial score (nSPS) is 13.1. The van der Waals surface area contributed by atoms with Crippen LogP contribution in [-0.4, -0.2) is 25.4 Å². The zero-order valence-corrected chi connectivity index (χ0v) is 12.2. The van der Waals surface area contributed by atoms with E-state index in [1.54, 1.807) is 7.11 Å². The van der Waals surface area contributed by atoms with E-state index in [2.05, 4.69) is 0 Å². The van der Waals surface area contributed by atoms with Gasteiger partial charge in [-0.2, -0.15) is 0 Å². The fourth-order valence-electron chi connectivity index (χ4n) is 2.20. The number of hydrogen-bond donors (Lipinski definition) is 1. The van der Waals surface area contributed by atoms with E-state index in [1.807, 2.05) is 38.1 Å². The molecule has 0 aliphatic carbocycles. The Bertz CT molecular complexity index is 434. The fraction of sp³-hybridized carbons (Fsp3) is 0.500. The van der Waals surface area contributed by atoms with Gasteiger partial charge in [0.2, 0.25) is 0 Å². The summed E-state index contributed by atoms with van der Waals surface area (Å²) in [4.78, 5) is 11.0. The van der Waals surface area contributed by atoms with E-state index in [9.17, 15) is 4.79 Å². The average molecular weight is 286 g/mol. The minimum absolute atomic E-state index is 0.0892. The van der Waals surface area contributed by atoms with Crippen LogP contribution in [0.2, 0.25) is 5.02 Å². The molecular weight excluding hydrogens is 266 g/mol. The van der Waals surface area contributed by atoms with Crippen LogP contribution in [0.1, 0.15) is 31.7 Å². The van der Waals surface area contributed by atoms with Crippen molar-refractivity contribution in [1.82, 2.24) is 0 Å². The Morgan fingerprint density at radius 1 is 1.42 bits per heavy atom. The number of ether oxygens (including phenoxy) is 2. The number of hydrogen-bond acceptors (Lipinski definition) is 3. The molecular formula is C14H20ClNO3. The summed E-state index contributed by atoms with van der Waals surface area (Å²) >= 11 is 6.23. The molecule has 4 nitrogen and oxygen atoms in total. The van der Waals surface area contributed by atoms with Crippen molar-refractivity contribution in [2.45, 2.75) is 31.8 Å². The summed E-state index contributed by atoms with van der Waals surface area (Å²) in [6, 6.07) is 7.51. The molecule has 1 aromatic rings. The van der Waals surface area contributed by atoms with Crippen LogP contribution in [-0.2, 0) is 9.47 Å². The largest absolute Gasteiger partial charge is 0.443 e. The van der Waals surface area contributed by atoms with Gasteiger partial charge >= 0.3 is 6.09 Å². The van der Waals surface area contributed by atoms with Gasteiger partial charge in [0.15, 0.2) is 0 Å². The fourth-order valence-corrected chi connectivity index (χ4v) is 2.47. The first-order valence-electron chi connectivity index (χ1n) is 6.10. The zero-order valence-electron chi connectivity index (χ0n) is 11.5. The molecule has 0 spiro atoms. The van der Waals surface area contributed by atoms with E-state index in [1.165, 1.54) is 0 Å². The molecule has 2 N–H and O–H groups in total. The molecule has 0 heterocycles. The minimum atomic E-state index is -0.792. The van der Waals surface area contributed by atoms with Crippen LogP contribution in [0.15, 0.2) is 24.3 Å². The molecule has 0 bridgehead atoms. The van der Waals surface area contributed by atoms with E-state index in [-0.39, 0.29) is 5.92 Å². The van der Waals surface area contributed by atoms with E-state index in [0.29, 0.717) is 18.1 Å². The van der Waals surface area contributed by atoms with Gasteiger partial charge in [0, 0.05) is 24.7 Å².